The van der Waals surface area contributed by atoms with E-state index >= 15 is 0 Å². The van der Waals surface area contributed by atoms with Crippen LogP contribution in [-0.4, -0.2) is 15.1 Å². The monoisotopic (exact) mass is 451 g/mol. The molecule has 2 aromatic carbocycles. The smallest absolute Gasteiger partial charge is 0.287 e. The molecule has 0 bridgehead atoms. The van der Waals surface area contributed by atoms with E-state index in [4.69, 9.17) is 0 Å². The highest BCUT2D eigenvalue weighted by Crippen LogP contribution is 2.22. The van der Waals surface area contributed by atoms with Crippen LogP contribution in [0, 0.1) is 17.0 Å². The summed E-state index contributed by atoms with van der Waals surface area (Å²) in [5.41, 5.74) is 4.37. The first-order valence-electron chi connectivity index (χ1n) is 8.89. The number of nitrogens with zero attached hydrogens (tertiary/aromatic N) is 3. The molecule has 4 aromatic rings. The molecular formula is C22H18BrN3O3. The summed E-state index contributed by atoms with van der Waals surface area (Å²) in [7, 11) is 0. The van der Waals surface area contributed by atoms with Gasteiger partial charge in [0.1, 0.15) is 0 Å². The molecule has 2 aromatic heterocycles. The second-order valence-electron chi connectivity index (χ2n) is 6.54. The highest BCUT2D eigenvalue weighted by Gasteiger charge is 2.26. The number of aromatic nitrogens is 2. The lowest BCUT2D eigenvalue weighted by molar-refractivity contribution is -0.645. The zero-order chi connectivity index (χ0) is 19.7. The first kappa shape index (κ1) is 20.4. The Morgan fingerprint density at radius 1 is 1.00 bits per heavy atom. The lowest BCUT2D eigenvalue weighted by atomic mass is 10.1. The molecule has 0 N–H and O–H groups in total. The lowest BCUT2D eigenvalue weighted by Gasteiger charge is -2.04. The van der Waals surface area contributed by atoms with Crippen molar-refractivity contribution in [3.05, 3.63) is 100 Å². The van der Waals surface area contributed by atoms with Crippen LogP contribution in [0.2, 0.25) is 0 Å². The van der Waals surface area contributed by atoms with E-state index in [1.165, 1.54) is 24.3 Å². The van der Waals surface area contributed by atoms with E-state index in [0.29, 0.717) is 5.56 Å². The third-order valence-electron chi connectivity index (χ3n) is 4.84. The SMILES string of the molecule is Cc1c(-c2ccccc2)[n+](CC(=O)c2ccc([N+](=O)[O-])cc2)c2ccccn12.[Br-]. The minimum atomic E-state index is -0.471. The Hall–Kier alpha value is -3.32. The van der Waals surface area contributed by atoms with Gasteiger partial charge in [-0.2, -0.15) is 4.40 Å². The Morgan fingerprint density at radius 3 is 2.31 bits per heavy atom. The van der Waals surface area contributed by atoms with Crippen LogP contribution < -0.4 is 21.5 Å². The number of nitro groups is 1. The van der Waals surface area contributed by atoms with Gasteiger partial charge in [0.25, 0.3) is 11.3 Å². The molecule has 0 unspecified atom stereocenters. The summed E-state index contributed by atoms with van der Waals surface area (Å²) < 4.78 is 4.06. The van der Waals surface area contributed by atoms with Gasteiger partial charge in [0.2, 0.25) is 5.78 Å². The predicted molar refractivity (Wildman–Crippen MR) is 105 cm³/mol. The zero-order valence-electron chi connectivity index (χ0n) is 15.7. The molecule has 0 aliphatic rings. The molecule has 7 heteroatoms. The van der Waals surface area contributed by atoms with Crippen molar-refractivity contribution in [2.24, 2.45) is 0 Å². The number of carbonyl (C=O) groups is 1. The van der Waals surface area contributed by atoms with Gasteiger partial charge in [0.15, 0.2) is 17.9 Å². The molecule has 2 heterocycles. The average Bonchev–Trinajstić information content (AvgIpc) is 3.00. The summed E-state index contributed by atoms with van der Waals surface area (Å²) in [4.78, 5) is 23.3. The average molecular weight is 452 g/mol. The van der Waals surface area contributed by atoms with Gasteiger partial charge in [-0.25, -0.2) is 4.57 Å². The van der Waals surface area contributed by atoms with E-state index in [2.05, 4.69) is 4.40 Å². The van der Waals surface area contributed by atoms with Crippen LogP contribution in [0.15, 0.2) is 79.0 Å². The van der Waals surface area contributed by atoms with E-state index in [0.717, 1.165) is 22.6 Å². The van der Waals surface area contributed by atoms with Crippen LogP contribution in [0.4, 0.5) is 5.69 Å². The summed E-state index contributed by atoms with van der Waals surface area (Å²) in [5, 5.41) is 10.8. The largest absolute Gasteiger partial charge is 1.00 e. The number of carbonyl (C=O) groups excluding carboxylic acids is 1. The number of pyridine rings is 1. The number of nitro benzene ring substituents is 1. The van der Waals surface area contributed by atoms with Crippen molar-refractivity contribution in [1.82, 2.24) is 4.40 Å². The molecule has 0 aliphatic carbocycles. The minimum Gasteiger partial charge on any atom is -1.00 e. The van der Waals surface area contributed by atoms with Crippen molar-refractivity contribution < 1.29 is 31.3 Å². The van der Waals surface area contributed by atoms with Gasteiger partial charge in [-0.1, -0.05) is 36.4 Å². The van der Waals surface area contributed by atoms with Crippen molar-refractivity contribution in [2.45, 2.75) is 13.5 Å². The number of benzene rings is 2. The normalized spacial score (nSPS) is 10.5. The summed E-state index contributed by atoms with van der Waals surface area (Å²) in [5.74, 6) is -0.103. The predicted octanol–water partition coefficient (Wildman–Crippen LogP) is 0.997. The number of aryl methyl sites for hydroxylation is 1. The summed E-state index contributed by atoms with van der Waals surface area (Å²) >= 11 is 0. The maximum absolute atomic E-state index is 12.9. The standard InChI is InChI=1S/C22H18N3O3.BrH/c1-16-22(18-7-3-2-4-8-18)24(21-9-5-6-14-23(16)21)15-20(26)17-10-12-19(13-11-17)25(27)28;/h2-14H,15H2,1H3;1H/q+1;/p-1. The van der Waals surface area contributed by atoms with Gasteiger partial charge in [0.05, 0.1) is 11.1 Å². The van der Waals surface area contributed by atoms with Crippen LogP contribution in [0.3, 0.4) is 0 Å². The number of hydrogen-bond donors (Lipinski definition) is 0. The van der Waals surface area contributed by atoms with E-state index in [1.807, 2.05) is 66.2 Å². The van der Waals surface area contributed by atoms with Gasteiger partial charge < -0.3 is 17.0 Å². The van der Waals surface area contributed by atoms with Crippen molar-refractivity contribution in [3.63, 3.8) is 0 Å². The fourth-order valence-electron chi connectivity index (χ4n) is 3.49. The Balaban J connectivity index is 0.00000240. The molecule has 0 atom stereocenters. The summed E-state index contributed by atoms with van der Waals surface area (Å²) in [6, 6.07) is 21.6. The Labute approximate surface area is 178 Å². The maximum Gasteiger partial charge on any atom is 0.287 e. The summed E-state index contributed by atoms with van der Waals surface area (Å²) in [6.07, 6.45) is 1.98. The molecule has 0 spiro atoms. The fraction of sp³-hybridized carbons (Fsp3) is 0.0909. The van der Waals surface area contributed by atoms with Gasteiger partial charge in [-0.05, 0) is 18.2 Å². The van der Waals surface area contributed by atoms with Crippen molar-refractivity contribution in [2.75, 3.05) is 0 Å². The molecule has 0 saturated carbocycles. The Kier molecular flexibility index (Phi) is 5.89. The number of rotatable bonds is 5. The van der Waals surface area contributed by atoms with Crippen LogP contribution >= 0.6 is 0 Å². The molecule has 29 heavy (non-hydrogen) atoms. The van der Waals surface area contributed by atoms with Crippen LogP contribution in [-0.2, 0) is 6.54 Å². The van der Waals surface area contributed by atoms with E-state index in [-0.39, 0.29) is 35.0 Å². The van der Waals surface area contributed by atoms with E-state index < -0.39 is 4.92 Å². The van der Waals surface area contributed by atoms with Crippen molar-refractivity contribution in [3.8, 4) is 11.3 Å². The van der Waals surface area contributed by atoms with Gasteiger partial charge in [-0.15, -0.1) is 0 Å². The third kappa shape index (κ3) is 3.82. The number of halogens is 1. The number of Topliss-reactive ketones (excluding diaryl/α,β-unsaturated/α-hetero) is 1. The highest BCUT2D eigenvalue weighted by molar-refractivity contribution is 5.95. The van der Waals surface area contributed by atoms with E-state index in [9.17, 15) is 14.9 Å². The highest BCUT2D eigenvalue weighted by atomic mass is 79.9. The molecule has 0 radical (unpaired) electrons. The maximum atomic E-state index is 12.9. The molecule has 146 valence electrons. The lowest BCUT2D eigenvalue weighted by Crippen LogP contribution is -3.00. The van der Waals surface area contributed by atoms with E-state index in [1.54, 1.807) is 0 Å². The number of imidazole rings is 1. The number of non-ortho nitro benzene ring substituents is 1. The first-order valence-corrected chi connectivity index (χ1v) is 8.89. The second kappa shape index (κ2) is 8.36. The zero-order valence-corrected chi connectivity index (χ0v) is 17.2. The topological polar surface area (TPSA) is 68.5 Å². The molecule has 6 nitrogen and oxygen atoms in total. The van der Waals surface area contributed by atoms with Crippen molar-refractivity contribution in [1.29, 1.82) is 0 Å². The molecule has 4 rings (SSSR count). The van der Waals surface area contributed by atoms with Gasteiger partial charge in [0, 0.05) is 36.2 Å². The third-order valence-corrected chi connectivity index (χ3v) is 4.84. The number of ketones is 1. The van der Waals surface area contributed by atoms with Gasteiger partial charge >= 0.3 is 0 Å². The number of hydrogen-bond acceptors (Lipinski definition) is 3. The minimum absolute atomic E-state index is 0. The van der Waals surface area contributed by atoms with Crippen LogP contribution in [0.5, 0.6) is 0 Å². The fourth-order valence-corrected chi connectivity index (χ4v) is 3.49. The van der Waals surface area contributed by atoms with Gasteiger partial charge in [-0.3, -0.25) is 14.9 Å². The molecule has 0 saturated heterocycles. The molecule has 0 amide bonds. The molecule has 0 aliphatic heterocycles. The summed E-state index contributed by atoms with van der Waals surface area (Å²) in [6.45, 7) is 2.17. The van der Waals surface area contributed by atoms with Crippen LogP contribution in [0.1, 0.15) is 16.1 Å². The molecular weight excluding hydrogens is 434 g/mol. The van der Waals surface area contributed by atoms with Crippen molar-refractivity contribution >= 4 is 17.1 Å². The number of fused-ring (bicyclic) bond motifs is 1. The van der Waals surface area contributed by atoms with Crippen LogP contribution in [0.25, 0.3) is 16.9 Å². The quantitative estimate of drug-likeness (QED) is 0.196. The first-order chi connectivity index (χ1) is 13.6. The second-order valence-corrected chi connectivity index (χ2v) is 6.54. The Bertz CT molecular complexity index is 1190. The molecule has 0 fully saturated rings. The Morgan fingerprint density at radius 2 is 1.66 bits per heavy atom.